The third kappa shape index (κ3) is 2.98. The third-order valence-corrected chi connectivity index (χ3v) is 3.44. The van der Waals surface area contributed by atoms with Crippen LogP contribution in [0.5, 0.6) is 0 Å². The summed E-state index contributed by atoms with van der Waals surface area (Å²) >= 11 is 11.9. The van der Waals surface area contributed by atoms with E-state index in [1.54, 1.807) is 42.2 Å². The smallest absolute Gasteiger partial charge is 0.279 e. The first-order valence-electron chi connectivity index (χ1n) is 6.26. The molecule has 3 rings (SSSR count). The van der Waals surface area contributed by atoms with Gasteiger partial charge >= 0.3 is 0 Å². The number of carbonyl (C=O) groups excluding carboxylic acids is 1. The van der Waals surface area contributed by atoms with Gasteiger partial charge in [-0.3, -0.25) is 9.48 Å². The second-order valence-corrected chi connectivity index (χ2v) is 5.37. The molecule has 0 bridgehead atoms. The Morgan fingerprint density at radius 1 is 1.27 bits per heavy atom. The lowest BCUT2D eigenvalue weighted by Gasteiger charge is -1.99. The van der Waals surface area contributed by atoms with Gasteiger partial charge in [0.25, 0.3) is 5.91 Å². The zero-order valence-corrected chi connectivity index (χ0v) is 12.9. The number of amides is 1. The van der Waals surface area contributed by atoms with Crippen LogP contribution in [0.15, 0.2) is 41.1 Å². The van der Waals surface area contributed by atoms with E-state index >= 15 is 0 Å². The van der Waals surface area contributed by atoms with Gasteiger partial charge < -0.3 is 9.84 Å². The molecule has 1 N–H and O–H groups in total. The summed E-state index contributed by atoms with van der Waals surface area (Å²) in [5.74, 6) is 0.396. The van der Waals surface area contributed by atoms with E-state index in [1.165, 1.54) is 6.07 Å². The summed E-state index contributed by atoms with van der Waals surface area (Å²) in [5, 5.41) is 11.4. The molecule has 0 aliphatic carbocycles. The van der Waals surface area contributed by atoms with Crippen molar-refractivity contribution in [3.63, 3.8) is 0 Å². The van der Waals surface area contributed by atoms with Crippen LogP contribution < -0.4 is 5.32 Å². The molecule has 2 aromatic heterocycles. The van der Waals surface area contributed by atoms with Crippen LogP contribution in [-0.2, 0) is 7.05 Å². The van der Waals surface area contributed by atoms with Gasteiger partial charge in [-0.1, -0.05) is 28.4 Å². The van der Waals surface area contributed by atoms with Crippen LogP contribution in [0.1, 0.15) is 10.5 Å². The van der Waals surface area contributed by atoms with Gasteiger partial charge in [0, 0.05) is 36.0 Å². The number of benzene rings is 1. The van der Waals surface area contributed by atoms with Gasteiger partial charge in [-0.05, 0) is 18.2 Å². The lowest BCUT2D eigenvalue weighted by Crippen LogP contribution is -2.12. The number of aryl methyl sites for hydroxylation is 1. The first kappa shape index (κ1) is 14.6. The molecule has 0 unspecified atom stereocenters. The number of carbonyl (C=O) groups is 1. The van der Waals surface area contributed by atoms with E-state index in [0.717, 1.165) is 0 Å². The molecule has 0 fully saturated rings. The lowest BCUT2D eigenvalue weighted by atomic mass is 10.1. The quantitative estimate of drug-likeness (QED) is 0.792. The Balaban J connectivity index is 1.82. The molecule has 0 aliphatic rings. The minimum Gasteiger partial charge on any atom is -0.355 e. The second-order valence-electron chi connectivity index (χ2n) is 4.53. The fourth-order valence-corrected chi connectivity index (χ4v) is 2.36. The molecule has 0 radical (unpaired) electrons. The fraction of sp³-hybridized carbons (Fsp3) is 0.0714. The molecule has 22 heavy (non-hydrogen) atoms. The molecule has 0 atom stereocenters. The highest BCUT2D eigenvalue weighted by molar-refractivity contribution is 6.36. The third-order valence-electron chi connectivity index (χ3n) is 2.89. The van der Waals surface area contributed by atoms with Gasteiger partial charge in [-0.25, -0.2) is 0 Å². The number of halogens is 2. The van der Waals surface area contributed by atoms with E-state index < -0.39 is 5.91 Å². The van der Waals surface area contributed by atoms with Crippen LogP contribution >= 0.6 is 23.2 Å². The molecule has 6 nitrogen and oxygen atoms in total. The highest BCUT2D eigenvalue weighted by atomic mass is 35.5. The number of anilines is 1. The number of nitrogens with zero attached hydrogens (tertiary/aromatic N) is 3. The van der Waals surface area contributed by atoms with Crippen molar-refractivity contribution in [3.8, 4) is 11.3 Å². The van der Waals surface area contributed by atoms with Crippen LogP contribution in [-0.4, -0.2) is 20.8 Å². The first-order valence-corrected chi connectivity index (χ1v) is 7.01. The van der Waals surface area contributed by atoms with Gasteiger partial charge in [0.1, 0.15) is 0 Å². The number of hydrogen-bond acceptors (Lipinski definition) is 4. The molecule has 2 heterocycles. The number of aromatic nitrogens is 3. The summed E-state index contributed by atoms with van der Waals surface area (Å²) in [7, 11) is 1.76. The molecule has 0 saturated carbocycles. The Hall–Kier alpha value is -2.31. The number of nitrogens with one attached hydrogen (secondary N) is 1. The molecule has 0 spiro atoms. The van der Waals surface area contributed by atoms with E-state index in [9.17, 15) is 4.79 Å². The SMILES string of the molecule is Cn1ccc(NC(=O)c2cc(-c3ccc(Cl)cc3Cl)on2)n1. The van der Waals surface area contributed by atoms with Gasteiger partial charge in [0.2, 0.25) is 0 Å². The molecule has 8 heteroatoms. The molecular formula is C14H10Cl2N4O2. The van der Waals surface area contributed by atoms with Crippen LogP contribution in [0.4, 0.5) is 5.82 Å². The van der Waals surface area contributed by atoms with Gasteiger partial charge in [-0.2, -0.15) is 5.10 Å². The molecule has 3 aromatic rings. The Morgan fingerprint density at radius 3 is 2.77 bits per heavy atom. The largest absolute Gasteiger partial charge is 0.355 e. The summed E-state index contributed by atoms with van der Waals surface area (Å²) in [6, 6.07) is 8.15. The maximum Gasteiger partial charge on any atom is 0.279 e. The monoisotopic (exact) mass is 336 g/mol. The van der Waals surface area contributed by atoms with Crippen LogP contribution in [0.3, 0.4) is 0 Å². The molecule has 0 aliphatic heterocycles. The van der Waals surface area contributed by atoms with E-state index in [1.807, 2.05) is 0 Å². The Kier molecular flexibility index (Phi) is 3.87. The molecule has 0 saturated heterocycles. The van der Waals surface area contributed by atoms with Crippen LogP contribution in [0.2, 0.25) is 10.0 Å². The van der Waals surface area contributed by atoms with Gasteiger partial charge in [0.15, 0.2) is 17.3 Å². The van der Waals surface area contributed by atoms with E-state index in [2.05, 4.69) is 15.6 Å². The number of hydrogen-bond donors (Lipinski definition) is 1. The lowest BCUT2D eigenvalue weighted by molar-refractivity contribution is 0.101. The van der Waals surface area contributed by atoms with Crippen molar-refractivity contribution >= 4 is 34.9 Å². The maximum atomic E-state index is 12.1. The summed E-state index contributed by atoms with van der Waals surface area (Å²) in [4.78, 5) is 12.1. The predicted octanol–water partition coefficient (Wildman–Crippen LogP) is 3.63. The Labute approximate surface area is 135 Å². The van der Waals surface area contributed by atoms with Crippen molar-refractivity contribution in [3.05, 3.63) is 52.3 Å². The van der Waals surface area contributed by atoms with Gasteiger partial charge in [-0.15, -0.1) is 0 Å². The molecular weight excluding hydrogens is 327 g/mol. The standard InChI is InChI=1S/C14H10Cl2N4O2/c1-20-5-4-13(18-20)17-14(21)11-7-12(22-19-11)9-3-2-8(15)6-10(9)16/h2-7H,1H3,(H,17,18,21). The fourth-order valence-electron chi connectivity index (χ4n) is 1.86. The highest BCUT2D eigenvalue weighted by Crippen LogP contribution is 2.30. The van der Waals surface area contributed by atoms with Crippen LogP contribution in [0, 0.1) is 0 Å². The average molecular weight is 337 g/mol. The molecule has 1 aromatic carbocycles. The van der Waals surface area contributed by atoms with Crippen LogP contribution in [0.25, 0.3) is 11.3 Å². The zero-order chi connectivity index (χ0) is 15.7. The Bertz CT molecular complexity index is 841. The van der Waals surface area contributed by atoms with Crippen molar-refractivity contribution < 1.29 is 9.32 Å². The predicted molar refractivity (Wildman–Crippen MR) is 83.1 cm³/mol. The normalized spacial score (nSPS) is 10.7. The average Bonchev–Trinajstić information content (AvgIpc) is 3.08. The second kappa shape index (κ2) is 5.82. The minimum atomic E-state index is -0.418. The van der Waals surface area contributed by atoms with E-state index in [-0.39, 0.29) is 5.69 Å². The molecule has 112 valence electrons. The van der Waals surface area contributed by atoms with E-state index in [0.29, 0.717) is 27.2 Å². The summed E-state index contributed by atoms with van der Waals surface area (Å²) in [5.41, 5.74) is 0.738. The van der Waals surface area contributed by atoms with Crippen molar-refractivity contribution in [2.24, 2.45) is 7.05 Å². The summed E-state index contributed by atoms with van der Waals surface area (Å²) in [6.45, 7) is 0. The van der Waals surface area contributed by atoms with Crippen molar-refractivity contribution in [2.75, 3.05) is 5.32 Å². The summed E-state index contributed by atoms with van der Waals surface area (Å²) < 4.78 is 6.75. The van der Waals surface area contributed by atoms with Crippen molar-refractivity contribution in [2.45, 2.75) is 0 Å². The maximum absolute atomic E-state index is 12.1. The van der Waals surface area contributed by atoms with Gasteiger partial charge in [0.05, 0.1) is 5.02 Å². The Morgan fingerprint density at radius 2 is 2.09 bits per heavy atom. The van der Waals surface area contributed by atoms with Crippen molar-refractivity contribution in [1.82, 2.24) is 14.9 Å². The topological polar surface area (TPSA) is 73.0 Å². The zero-order valence-electron chi connectivity index (χ0n) is 11.4. The van der Waals surface area contributed by atoms with E-state index in [4.69, 9.17) is 27.7 Å². The summed E-state index contributed by atoms with van der Waals surface area (Å²) in [6.07, 6.45) is 1.72. The highest BCUT2D eigenvalue weighted by Gasteiger charge is 2.16. The van der Waals surface area contributed by atoms with Crippen molar-refractivity contribution in [1.29, 1.82) is 0 Å². The molecule has 1 amide bonds. The number of rotatable bonds is 3. The first-order chi connectivity index (χ1) is 10.5. The minimum absolute atomic E-state index is 0.131.